The van der Waals surface area contributed by atoms with E-state index in [1.165, 1.54) is 109 Å². The van der Waals surface area contributed by atoms with Crippen LogP contribution in [0.4, 0.5) is 0 Å². The number of unbranched alkanes of at least 4 members (excludes halogenated alkanes) is 17. The van der Waals surface area contributed by atoms with E-state index < -0.39 is 13.3 Å². The number of allylic oxidation sites excluding steroid dienone is 2. The molecule has 0 aliphatic rings. The van der Waals surface area contributed by atoms with Crippen LogP contribution in [-0.2, 0) is 4.57 Å². The van der Waals surface area contributed by atoms with Crippen LogP contribution in [0.15, 0.2) is 12.2 Å². The Kier molecular flexibility index (Phi) is 20.9. The number of nitrogens with zero attached hydrogens (tertiary/aromatic N) is 1. The molecule has 0 fully saturated rings. The molecule has 196 valence electrons. The number of quaternary nitrogens is 1. The summed E-state index contributed by atoms with van der Waals surface area (Å²) in [6, 6.07) is 0. The van der Waals surface area contributed by atoms with Crippen molar-refractivity contribution in [1.82, 2.24) is 0 Å². The molecule has 3 nitrogen and oxygen atoms in total. The Morgan fingerprint density at radius 3 is 1.33 bits per heavy atom. The predicted octanol–water partition coefficient (Wildman–Crippen LogP) is 9.28. The average molecular weight is 485 g/mol. The van der Waals surface area contributed by atoms with E-state index in [9.17, 15) is 9.46 Å². The first-order valence-corrected chi connectivity index (χ1v) is 15.6. The van der Waals surface area contributed by atoms with Crippen LogP contribution < -0.4 is 4.89 Å². The van der Waals surface area contributed by atoms with Gasteiger partial charge in [-0.2, -0.15) is 0 Å². The quantitative estimate of drug-likeness (QED) is 0.0592. The summed E-state index contributed by atoms with van der Waals surface area (Å²) in [5, 5.41) is -0.600. The third-order valence-corrected chi connectivity index (χ3v) is 9.31. The highest BCUT2D eigenvalue weighted by Crippen LogP contribution is 2.44. The van der Waals surface area contributed by atoms with E-state index in [0.717, 1.165) is 19.3 Å². The Hall–Kier alpha value is -0.240. The zero-order chi connectivity index (χ0) is 24.8. The van der Waals surface area contributed by atoms with Crippen molar-refractivity contribution in [2.24, 2.45) is 0 Å². The van der Waals surface area contributed by atoms with Crippen LogP contribution in [0.1, 0.15) is 149 Å². The lowest BCUT2D eigenvalue weighted by atomic mass is 10.0. The molecular weight excluding hydrogens is 425 g/mol. The van der Waals surface area contributed by atoms with Crippen molar-refractivity contribution in [3.05, 3.63) is 12.2 Å². The first-order chi connectivity index (χ1) is 15.8. The lowest BCUT2D eigenvalue weighted by Crippen LogP contribution is -2.55. The summed E-state index contributed by atoms with van der Waals surface area (Å²) in [7, 11) is 3.63. The molecule has 0 radical (unpaired) electrons. The molecule has 2 unspecified atom stereocenters. The molecule has 0 spiro atoms. The van der Waals surface area contributed by atoms with Gasteiger partial charge in [-0.25, -0.2) is 0 Å². The van der Waals surface area contributed by atoms with Crippen LogP contribution in [-0.4, -0.2) is 30.9 Å². The van der Waals surface area contributed by atoms with Crippen LogP contribution in [0.2, 0.25) is 0 Å². The fourth-order valence-electron chi connectivity index (χ4n) is 4.99. The van der Waals surface area contributed by atoms with Gasteiger partial charge in [0.25, 0.3) is 5.28 Å². The maximum Gasteiger partial charge on any atom is 0.376 e. The summed E-state index contributed by atoms with van der Waals surface area (Å²) in [4.78, 5) is 12.0. The molecule has 0 heterocycles. The minimum Gasteiger partial charge on any atom is -0.590 e. The Morgan fingerprint density at radius 2 is 1.00 bits per heavy atom. The number of hydrogen-bond donors (Lipinski definition) is 0. The van der Waals surface area contributed by atoms with Gasteiger partial charge >= 0.3 is 8.03 Å². The number of hydrogen-bond acceptors (Lipinski definition) is 2. The van der Waals surface area contributed by atoms with Crippen molar-refractivity contribution in [2.75, 3.05) is 21.1 Å². The molecule has 0 bridgehead atoms. The molecule has 0 saturated carbocycles. The SMILES string of the molecule is CCCCCCCCCCC=CCCCCCCCCCCCC(CC)([P+](=O)[O-])[N+](C)(C)C. The monoisotopic (exact) mass is 484 g/mol. The van der Waals surface area contributed by atoms with Gasteiger partial charge in [0.05, 0.1) is 21.1 Å². The highest BCUT2D eigenvalue weighted by Gasteiger charge is 2.52. The van der Waals surface area contributed by atoms with Gasteiger partial charge in [0.2, 0.25) is 0 Å². The molecule has 0 aromatic rings. The lowest BCUT2D eigenvalue weighted by molar-refractivity contribution is -0.910. The summed E-state index contributed by atoms with van der Waals surface area (Å²) in [5.41, 5.74) is 0. The first-order valence-electron chi connectivity index (χ1n) is 14.4. The van der Waals surface area contributed by atoms with Crippen LogP contribution >= 0.6 is 8.03 Å². The second kappa shape index (κ2) is 21.1. The molecule has 0 rings (SSSR count). The Balaban J connectivity index is 3.50. The van der Waals surface area contributed by atoms with Crippen molar-refractivity contribution >= 4 is 8.03 Å². The zero-order valence-corrected chi connectivity index (χ0v) is 24.1. The molecule has 0 aromatic carbocycles. The maximum absolute atomic E-state index is 12.0. The van der Waals surface area contributed by atoms with Crippen LogP contribution in [0.25, 0.3) is 0 Å². The molecule has 0 amide bonds. The Morgan fingerprint density at radius 1 is 0.636 bits per heavy atom. The van der Waals surface area contributed by atoms with E-state index in [1.54, 1.807) is 0 Å². The topological polar surface area (TPSA) is 40.1 Å². The van der Waals surface area contributed by atoms with E-state index in [2.05, 4.69) is 19.1 Å². The molecule has 0 N–H and O–H groups in total. The Labute approximate surface area is 209 Å². The van der Waals surface area contributed by atoms with Gasteiger partial charge in [-0.1, -0.05) is 120 Å². The largest absolute Gasteiger partial charge is 0.590 e. The smallest absolute Gasteiger partial charge is 0.376 e. The predicted molar refractivity (Wildman–Crippen MR) is 146 cm³/mol. The maximum atomic E-state index is 12.0. The number of rotatable bonds is 24. The van der Waals surface area contributed by atoms with Crippen molar-refractivity contribution < 1.29 is 13.9 Å². The molecule has 2 atom stereocenters. The van der Waals surface area contributed by atoms with Gasteiger partial charge in [-0.05, 0) is 32.1 Å². The van der Waals surface area contributed by atoms with Crippen molar-refractivity contribution in [1.29, 1.82) is 0 Å². The van der Waals surface area contributed by atoms with Gasteiger partial charge in [-0.3, -0.25) is 4.48 Å². The first kappa shape index (κ1) is 32.8. The van der Waals surface area contributed by atoms with E-state index in [1.807, 2.05) is 28.1 Å². The minimum atomic E-state index is -2.42. The standard InChI is InChI=1S/C29H59NO2P/c1-6-8-9-10-11-12-13-14-15-16-17-18-19-20-21-22-23-24-25-26-27-28-29(7-2,33(31)32)30(3,4)5/h16-17H,6-15,18-28H2,1-5H3/q+1. The fraction of sp³-hybridized carbons (Fsp3) is 0.931. The highest BCUT2D eigenvalue weighted by atomic mass is 31.1. The second-order valence-electron chi connectivity index (χ2n) is 11.1. The second-order valence-corrected chi connectivity index (χ2v) is 12.4. The summed E-state index contributed by atoms with van der Waals surface area (Å²) in [5.74, 6) is 0. The molecule has 0 aromatic heterocycles. The van der Waals surface area contributed by atoms with Crippen molar-refractivity contribution in [3.63, 3.8) is 0 Å². The molecule has 33 heavy (non-hydrogen) atoms. The van der Waals surface area contributed by atoms with Gasteiger partial charge in [0, 0.05) is 12.8 Å². The van der Waals surface area contributed by atoms with Crippen LogP contribution in [0.5, 0.6) is 0 Å². The minimum absolute atomic E-state index is 0.511. The molecule has 0 saturated heterocycles. The fourth-order valence-corrected chi connectivity index (χ4v) is 6.08. The zero-order valence-electron chi connectivity index (χ0n) is 23.2. The normalized spacial score (nSPS) is 14.7. The third-order valence-electron chi connectivity index (χ3n) is 7.49. The average Bonchev–Trinajstić information content (AvgIpc) is 2.76. The van der Waals surface area contributed by atoms with E-state index in [-0.39, 0.29) is 0 Å². The van der Waals surface area contributed by atoms with E-state index in [0.29, 0.717) is 10.9 Å². The molecular formula is C29H59NO2P+. The summed E-state index contributed by atoms with van der Waals surface area (Å²) in [6.07, 6.45) is 31.6. The van der Waals surface area contributed by atoms with Crippen molar-refractivity contribution in [3.8, 4) is 0 Å². The highest BCUT2D eigenvalue weighted by molar-refractivity contribution is 7.38. The van der Waals surface area contributed by atoms with Gasteiger partial charge in [0.1, 0.15) is 0 Å². The molecule has 0 aliphatic heterocycles. The van der Waals surface area contributed by atoms with Gasteiger partial charge in [-0.15, -0.1) is 0 Å². The lowest BCUT2D eigenvalue weighted by Gasteiger charge is -2.39. The summed E-state index contributed by atoms with van der Waals surface area (Å²) < 4.78 is 12.5. The summed E-state index contributed by atoms with van der Waals surface area (Å²) >= 11 is 0. The Bertz CT molecular complexity index is 487. The van der Waals surface area contributed by atoms with E-state index in [4.69, 9.17) is 0 Å². The van der Waals surface area contributed by atoms with Gasteiger partial charge in [0.15, 0.2) is 0 Å². The van der Waals surface area contributed by atoms with Crippen LogP contribution in [0.3, 0.4) is 0 Å². The molecule has 4 heteroatoms. The van der Waals surface area contributed by atoms with E-state index >= 15 is 0 Å². The van der Waals surface area contributed by atoms with Crippen LogP contribution in [0, 0.1) is 0 Å². The third kappa shape index (κ3) is 16.1. The summed E-state index contributed by atoms with van der Waals surface area (Å²) in [6.45, 7) is 4.30. The molecule has 0 aliphatic carbocycles. The van der Waals surface area contributed by atoms with Gasteiger partial charge < -0.3 is 4.89 Å². The van der Waals surface area contributed by atoms with Crippen molar-refractivity contribution in [2.45, 2.75) is 154 Å².